The molecule has 0 saturated carbocycles. The number of nitrogens with two attached hydrogens (primary N) is 1. The topological polar surface area (TPSA) is 26.0 Å². The van der Waals surface area contributed by atoms with E-state index in [9.17, 15) is 4.39 Å². The molecule has 0 saturated heterocycles. The van der Waals surface area contributed by atoms with Crippen LogP contribution in [0.25, 0.3) is 11.1 Å². The molecule has 0 aliphatic rings. The van der Waals surface area contributed by atoms with Crippen molar-refractivity contribution in [2.75, 3.05) is 5.73 Å². The van der Waals surface area contributed by atoms with Crippen molar-refractivity contribution in [3.05, 3.63) is 52.3 Å². The highest BCUT2D eigenvalue weighted by Gasteiger charge is 2.06. The van der Waals surface area contributed by atoms with Gasteiger partial charge in [0.2, 0.25) is 0 Å². The third-order valence-electron chi connectivity index (χ3n) is 2.51. The standard InChI is InChI=1S/C13H11BrFN/c1-8-6-9(2-5-13(8)16)11-7-10(14)3-4-12(11)15/h2-7H,16H2,1H3. The maximum absolute atomic E-state index is 13.6. The number of halogens is 2. The van der Waals surface area contributed by atoms with Crippen molar-refractivity contribution in [2.45, 2.75) is 6.92 Å². The summed E-state index contributed by atoms with van der Waals surface area (Å²) in [7, 11) is 0. The fourth-order valence-corrected chi connectivity index (χ4v) is 1.92. The van der Waals surface area contributed by atoms with Gasteiger partial charge in [-0.05, 0) is 48.4 Å². The second kappa shape index (κ2) is 4.26. The molecule has 2 N–H and O–H groups in total. The van der Waals surface area contributed by atoms with Gasteiger partial charge in [0, 0.05) is 15.7 Å². The number of hydrogen-bond acceptors (Lipinski definition) is 1. The van der Waals surface area contributed by atoms with Gasteiger partial charge in [-0.1, -0.05) is 22.0 Å². The summed E-state index contributed by atoms with van der Waals surface area (Å²) < 4.78 is 14.5. The Kier molecular flexibility index (Phi) is 2.97. The zero-order valence-corrected chi connectivity index (χ0v) is 10.4. The smallest absolute Gasteiger partial charge is 0.131 e. The molecule has 16 heavy (non-hydrogen) atoms. The number of benzene rings is 2. The third kappa shape index (κ3) is 2.09. The Labute approximate surface area is 102 Å². The van der Waals surface area contributed by atoms with Crippen LogP contribution in [0.2, 0.25) is 0 Å². The molecular formula is C13H11BrFN. The summed E-state index contributed by atoms with van der Waals surface area (Å²) >= 11 is 3.34. The van der Waals surface area contributed by atoms with Crippen molar-refractivity contribution >= 4 is 21.6 Å². The molecule has 0 atom stereocenters. The summed E-state index contributed by atoms with van der Waals surface area (Å²) in [5.74, 6) is -0.229. The van der Waals surface area contributed by atoms with E-state index in [0.29, 0.717) is 5.56 Å². The Balaban J connectivity index is 2.58. The Morgan fingerprint density at radius 1 is 1.12 bits per heavy atom. The highest BCUT2D eigenvalue weighted by atomic mass is 79.9. The lowest BCUT2D eigenvalue weighted by Gasteiger charge is -2.07. The van der Waals surface area contributed by atoms with Gasteiger partial charge in [-0.3, -0.25) is 0 Å². The minimum Gasteiger partial charge on any atom is -0.399 e. The van der Waals surface area contributed by atoms with Crippen LogP contribution in [0.15, 0.2) is 40.9 Å². The molecule has 0 unspecified atom stereocenters. The highest BCUT2D eigenvalue weighted by Crippen LogP contribution is 2.28. The van der Waals surface area contributed by atoms with Crippen molar-refractivity contribution in [1.82, 2.24) is 0 Å². The SMILES string of the molecule is Cc1cc(-c2cc(Br)ccc2F)ccc1N. The molecule has 82 valence electrons. The van der Waals surface area contributed by atoms with Crippen molar-refractivity contribution in [3.8, 4) is 11.1 Å². The van der Waals surface area contributed by atoms with E-state index < -0.39 is 0 Å². The van der Waals surface area contributed by atoms with Gasteiger partial charge in [0.15, 0.2) is 0 Å². The van der Waals surface area contributed by atoms with Crippen LogP contribution in [0.3, 0.4) is 0 Å². The molecule has 2 aromatic carbocycles. The summed E-state index contributed by atoms with van der Waals surface area (Å²) in [5, 5.41) is 0. The first-order valence-corrected chi connectivity index (χ1v) is 5.69. The average molecular weight is 280 g/mol. The van der Waals surface area contributed by atoms with Crippen LogP contribution < -0.4 is 5.73 Å². The van der Waals surface area contributed by atoms with E-state index >= 15 is 0 Å². The van der Waals surface area contributed by atoms with Crippen LogP contribution in [-0.4, -0.2) is 0 Å². The second-order valence-electron chi connectivity index (χ2n) is 3.70. The number of aryl methyl sites for hydroxylation is 1. The van der Waals surface area contributed by atoms with E-state index in [2.05, 4.69) is 15.9 Å². The van der Waals surface area contributed by atoms with Crippen LogP contribution in [0.1, 0.15) is 5.56 Å². The van der Waals surface area contributed by atoms with E-state index in [1.54, 1.807) is 18.2 Å². The zero-order valence-electron chi connectivity index (χ0n) is 8.80. The summed E-state index contributed by atoms with van der Waals surface area (Å²) in [6.45, 7) is 1.91. The molecule has 0 fully saturated rings. The minimum absolute atomic E-state index is 0.229. The highest BCUT2D eigenvalue weighted by molar-refractivity contribution is 9.10. The molecule has 0 spiro atoms. The molecule has 0 radical (unpaired) electrons. The number of nitrogen functional groups attached to an aromatic ring is 1. The predicted octanol–water partition coefficient (Wildman–Crippen LogP) is 4.15. The largest absolute Gasteiger partial charge is 0.399 e. The summed E-state index contributed by atoms with van der Waals surface area (Å²) in [6, 6.07) is 10.4. The quantitative estimate of drug-likeness (QED) is 0.780. The first kappa shape index (κ1) is 11.1. The first-order chi connectivity index (χ1) is 7.58. The lowest BCUT2D eigenvalue weighted by molar-refractivity contribution is 0.631. The predicted molar refractivity (Wildman–Crippen MR) is 68.7 cm³/mol. The Hall–Kier alpha value is -1.35. The van der Waals surface area contributed by atoms with E-state index in [1.165, 1.54) is 6.07 Å². The fraction of sp³-hybridized carbons (Fsp3) is 0.0769. The molecule has 1 nitrogen and oxygen atoms in total. The molecule has 3 heteroatoms. The first-order valence-electron chi connectivity index (χ1n) is 4.89. The lowest BCUT2D eigenvalue weighted by Crippen LogP contribution is -1.91. The fourth-order valence-electron chi connectivity index (χ4n) is 1.56. The number of rotatable bonds is 1. The van der Waals surface area contributed by atoms with E-state index in [1.807, 2.05) is 19.1 Å². The molecule has 0 aromatic heterocycles. The van der Waals surface area contributed by atoms with Crippen LogP contribution in [-0.2, 0) is 0 Å². The molecule has 2 aromatic rings. The van der Waals surface area contributed by atoms with Crippen molar-refractivity contribution in [3.63, 3.8) is 0 Å². The van der Waals surface area contributed by atoms with Gasteiger partial charge < -0.3 is 5.73 Å². The van der Waals surface area contributed by atoms with Gasteiger partial charge in [-0.2, -0.15) is 0 Å². The number of anilines is 1. The molecule has 0 heterocycles. The van der Waals surface area contributed by atoms with E-state index in [-0.39, 0.29) is 5.82 Å². The zero-order chi connectivity index (χ0) is 11.7. The maximum atomic E-state index is 13.6. The third-order valence-corrected chi connectivity index (χ3v) is 3.00. The van der Waals surface area contributed by atoms with Crippen molar-refractivity contribution in [2.24, 2.45) is 0 Å². The van der Waals surface area contributed by atoms with Gasteiger partial charge >= 0.3 is 0 Å². The van der Waals surface area contributed by atoms with Gasteiger partial charge in [-0.15, -0.1) is 0 Å². The summed E-state index contributed by atoms with van der Waals surface area (Å²) in [5.41, 5.74) is 8.83. The van der Waals surface area contributed by atoms with Crippen molar-refractivity contribution in [1.29, 1.82) is 0 Å². The van der Waals surface area contributed by atoms with Gasteiger partial charge in [0.1, 0.15) is 5.82 Å². The van der Waals surface area contributed by atoms with Crippen LogP contribution in [0.5, 0.6) is 0 Å². The molecule has 0 amide bonds. The minimum atomic E-state index is -0.229. The number of hydrogen-bond donors (Lipinski definition) is 1. The molecule has 0 bridgehead atoms. The normalized spacial score (nSPS) is 10.4. The Morgan fingerprint density at radius 3 is 2.56 bits per heavy atom. The Bertz CT molecular complexity index is 537. The summed E-state index contributed by atoms with van der Waals surface area (Å²) in [6.07, 6.45) is 0. The molecule has 0 aliphatic heterocycles. The lowest BCUT2D eigenvalue weighted by atomic mass is 10.0. The van der Waals surface area contributed by atoms with Gasteiger partial charge in [-0.25, -0.2) is 4.39 Å². The van der Waals surface area contributed by atoms with Crippen LogP contribution >= 0.6 is 15.9 Å². The monoisotopic (exact) mass is 279 g/mol. The van der Waals surface area contributed by atoms with Crippen LogP contribution in [0, 0.1) is 12.7 Å². The van der Waals surface area contributed by atoms with Crippen molar-refractivity contribution < 1.29 is 4.39 Å². The van der Waals surface area contributed by atoms with Gasteiger partial charge in [0.25, 0.3) is 0 Å². The van der Waals surface area contributed by atoms with E-state index in [0.717, 1.165) is 21.3 Å². The maximum Gasteiger partial charge on any atom is 0.131 e. The molecular weight excluding hydrogens is 269 g/mol. The van der Waals surface area contributed by atoms with Crippen LogP contribution in [0.4, 0.5) is 10.1 Å². The Morgan fingerprint density at radius 2 is 1.88 bits per heavy atom. The average Bonchev–Trinajstić information content (AvgIpc) is 2.26. The van der Waals surface area contributed by atoms with E-state index in [4.69, 9.17) is 5.73 Å². The van der Waals surface area contributed by atoms with Gasteiger partial charge in [0.05, 0.1) is 0 Å². The second-order valence-corrected chi connectivity index (χ2v) is 4.61. The molecule has 2 rings (SSSR count). The molecule has 0 aliphatic carbocycles. The summed E-state index contributed by atoms with van der Waals surface area (Å²) in [4.78, 5) is 0.